The number of aromatic nitrogens is 2. The Kier molecular flexibility index (Phi) is 3.87. The van der Waals surface area contributed by atoms with E-state index in [1.807, 2.05) is 13.3 Å². The van der Waals surface area contributed by atoms with Crippen LogP contribution in [0.1, 0.15) is 62.7 Å². The summed E-state index contributed by atoms with van der Waals surface area (Å²) in [6.45, 7) is 6.66. The summed E-state index contributed by atoms with van der Waals surface area (Å²) in [7, 11) is 1.82. The molecule has 0 aromatic carbocycles. The van der Waals surface area contributed by atoms with Crippen molar-refractivity contribution in [3.8, 4) is 0 Å². The second-order valence-corrected chi connectivity index (χ2v) is 5.45. The van der Waals surface area contributed by atoms with Crippen molar-refractivity contribution in [1.29, 1.82) is 0 Å². The molecule has 1 heterocycles. The quantitative estimate of drug-likeness (QED) is 0.803. The molecule has 1 saturated carbocycles. The van der Waals surface area contributed by atoms with E-state index in [1.54, 1.807) is 0 Å². The van der Waals surface area contributed by atoms with Gasteiger partial charge in [0.15, 0.2) is 0 Å². The Morgan fingerprint density at radius 1 is 1.29 bits per heavy atom. The van der Waals surface area contributed by atoms with Crippen LogP contribution in [0, 0.1) is 6.92 Å². The molecule has 0 unspecified atom stereocenters. The minimum Gasteiger partial charge on any atom is -0.381 e. The SMILES string of the molecule is COC1CCC(n2ncc(C(C)C)c2C)CC1. The molecular formula is C14H24N2O. The molecule has 0 spiro atoms. The van der Waals surface area contributed by atoms with Gasteiger partial charge in [0, 0.05) is 12.8 Å². The first-order valence-electron chi connectivity index (χ1n) is 6.70. The van der Waals surface area contributed by atoms with Crippen LogP contribution < -0.4 is 0 Å². The summed E-state index contributed by atoms with van der Waals surface area (Å²) in [5, 5.41) is 4.59. The van der Waals surface area contributed by atoms with Crippen LogP contribution >= 0.6 is 0 Å². The van der Waals surface area contributed by atoms with Crippen molar-refractivity contribution < 1.29 is 4.74 Å². The number of nitrogens with zero attached hydrogens (tertiary/aromatic N) is 2. The number of ether oxygens (including phenoxy) is 1. The monoisotopic (exact) mass is 236 g/mol. The molecule has 0 bridgehead atoms. The molecule has 17 heavy (non-hydrogen) atoms. The number of hydrogen-bond donors (Lipinski definition) is 0. The molecule has 0 aliphatic heterocycles. The van der Waals surface area contributed by atoms with Crippen molar-refractivity contribution in [3.63, 3.8) is 0 Å². The Morgan fingerprint density at radius 2 is 1.94 bits per heavy atom. The number of rotatable bonds is 3. The van der Waals surface area contributed by atoms with Crippen LogP contribution in [0.2, 0.25) is 0 Å². The van der Waals surface area contributed by atoms with Gasteiger partial charge in [-0.2, -0.15) is 5.10 Å². The standard InChI is InChI=1S/C14H24N2O/c1-10(2)14-9-15-16(11(14)3)12-5-7-13(17-4)8-6-12/h9-10,12-13H,5-8H2,1-4H3. The molecule has 2 rings (SSSR count). The Hall–Kier alpha value is -0.830. The minimum absolute atomic E-state index is 0.465. The van der Waals surface area contributed by atoms with E-state index in [9.17, 15) is 0 Å². The van der Waals surface area contributed by atoms with E-state index < -0.39 is 0 Å². The molecule has 1 aromatic heterocycles. The zero-order valence-electron chi connectivity index (χ0n) is 11.4. The van der Waals surface area contributed by atoms with Gasteiger partial charge >= 0.3 is 0 Å². The third-order valence-electron chi connectivity index (χ3n) is 4.03. The highest BCUT2D eigenvalue weighted by Crippen LogP contribution is 2.31. The first kappa shape index (κ1) is 12.6. The first-order valence-corrected chi connectivity index (χ1v) is 6.70. The highest BCUT2D eigenvalue weighted by Gasteiger charge is 2.24. The van der Waals surface area contributed by atoms with Gasteiger partial charge in [-0.15, -0.1) is 0 Å². The summed E-state index contributed by atoms with van der Waals surface area (Å²) in [6.07, 6.45) is 7.22. The average molecular weight is 236 g/mol. The largest absolute Gasteiger partial charge is 0.381 e. The van der Waals surface area contributed by atoms with Crippen LogP contribution in [0.25, 0.3) is 0 Å². The van der Waals surface area contributed by atoms with E-state index in [-0.39, 0.29) is 0 Å². The summed E-state index contributed by atoms with van der Waals surface area (Å²) in [5.74, 6) is 0.569. The van der Waals surface area contributed by atoms with E-state index in [0.29, 0.717) is 18.1 Å². The molecule has 1 aliphatic carbocycles. The smallest absolute Gasteiger partial charge is 0.0573 e. The van der Waals surface area contributed by atoms with Crippen LogP contribution in [0.5, 0.6) is 0 Å². The lowest BCUT2D eigenvalue weighted by molar-refractivity contribution is 0.0565. The molecule has 0 saturated heterocycles. The van der Waals surface area contributed by atoms with Gasteiger partial charge in [0.05, 0.1) is 18.3 Å². The van der Waals surface area contributed by atoms with E-state index >= 15 is 0 Å². The Balaban J connectivity index is 2.08. The lowest BCUT2D eigenvalue weighted by atomic mass is 9.92. The lowest BCUT2D eigenvalue weighted by Gasteiger charge is -2.28. The number of hydrogen-bond acceptors (Lipinski definition) is 2. The maximum atomic E-state index is 5.42. The predicted octanol–water partition coefficient (Wildman–Crippen LogP) is 3.45. The maximum absolute atomic E-state index is 5.42. The van der Waals surface area contributed by atoms with Gasteiger partial charge in [-0.25, -0.2) is 0 Å². The average Bonchev–Trinajstić information content (AvgIpc) is 2.71. The molecule has 96 valence electrons. The van der Waals surface area contributed by atoms with E-state index in [2.05, 4.69) is 30.6 Å². The van der Waals surface area contributed by atoms with E-state index in [1.165, 1.54) is 24.1 Å². The van der Waals surface area contributed by atoms with Crippen molar-refractivity contribution in [1.82, 2.24) is 9.78 Å². The summed E-state index contributed by atoms with van der Waals surface area (Å²) >= 11 is 0. The molecule has 0 amide bonds. The van der Waals surface area contributed by atoms with Crippen LogP contribution in [0.15, 0.2) is 6.20 Å². The van der Waals surface area contributed by atoms with Crippen LogP contribution in [-0.2, 0) is 4.74 Å². The van der Waals surface area contributed by atoms with Crippen molar-refractivity contribution in [2.24, 2.45) is 0 Å². The van der Waals surface area contributed by atoms with Crippen molar-refractivity contribution in [3.05, 3.63) is 17.5 Å². The highest BCUT2D eigenvalue weighted by molar-refractivity contribution is 5.20. The molecule has 0 radical (unpaired) electrons. The van der Waals surface area contributed by atoms with Gasteiger partial charge in [0.2, 0.25) is 0 Å². The minimum atomic E-state index is 0.465. The van der Waals surface area contributed by atoms with Crippen LogP contribution in [-0.4, -0.2) is 23.0 Å². The zero-order valence-corrected chi connectivity index (χ0v) is 11.4. The van der Waals surface area contributed by atoms with Crippen LogP contribution in [0.4, 0.5) is 0 Å². The topological polar surface area (TPSA) is 27.1 Å². The van der Waals surface area contributed by atoms with Gasteiger partial charge in [0.25, 0.3) is 0 Å². The van der Waals surface area contributed by atoms with Crippen molar-refractivity contribution in [2.75, 3.05) is 7.11 Å². The molecule has 1 aliphatic rings. The fourth-order valence-corrected chi connectivity index (χ4v) is 2.90. The molecule has 0 N–H and O–H groups in total. The zero-order chi connectivity index (χ0) is 12.4. The van der Waals surface area contributed by atoms with Gasteiger partial charge < -0.3 is 4.74 Å². The Bertz CT molecular complexity index is 362. The summed E-state index contributed by atoms with van der Waals surface area (Å²) in [4.78, 5) is 0. The molecule has 1 aromatic rings. The lowest BCUT2D eigenvalue weighted by Crippen LogP contribution is -2.24. The summed E-state index contributed by atoms with van der Waals surface area (Å²) < 4.78 is 7.66. The molecular weight excluding hydrogens is 212 g/mol. The normalized spacial score (nSPS) is 25.5. The van der Waals surface area contributed by atoms with Gasteiger partial charge in [-0.05, 0) is 44.1 Å². The molecule has 3 nitrogen and oxygen atoms in total. The summed E-state index contributed by atoms with van der Waals surface area (Å²) in [5.41, 5.74) is 2.74. The summed E-state index contributed by atoms with van der Waals surface area (Å²) in [6, 6.07) is 0.578. The second kappa shape index (κ2) is 5.21. The van der Waals surface area contributed by atoms with Crippen molar-refractivity contribution >= 4 is 0 Å². The predicted molar refractivity (Wildman–Crippen MR) is 69.4 cm³/mol. The first-order chi connectivity index (χ1) is 8.13. The van der Waals surface area contributed by atoms with Gasteiger partial charge in [-0.1, -0.05) is 13.8 Å². The molecule has 1 fully saturated rings. The van der Waals surface area contributed by atoms with E-state index in [4.69, 9.17) is 4.74 Å². The fourth-order valence-electron chi connectivity index (χ4n) is 2.90. The fraction of sp³-hybridized carbons (Fsp3) is 0.786. The Labute approximate surface area is 104 Å². The Morgan fingerprint density at radius 3 is 2.41 bits per heavy atom. The van der Waals surface area contributed by atoms with Gasteiger partial charge in [-0.3, -0.25) is 4.68 Å². The maximum Gasteiger partial charge on any atom is 0.0573 e. The molecule has 3 heteroatoms. The highest BCUT2D eigenvalue weighted by atomic mass is 16.5. The third kappa shape index (κ3) is 2.54. The van der Waals surface area contributed by atoms with E-state index in [0.717, 1.165) is 12.8 Å². The van der Waals surface area contributed by atoms with Gasteiger partial charge in [0.1, 0.15) is 0 Å². The molecule has 0 atom stereocenters. The second-order valence-electron chi connectivity index (χ2n) is 5.45. The number of methoxy groups -OCH3 is 1. The van der Waals surface area contributed by atoms with Crippen molar-refractivity contribution in [2.45, 2.75) is 64.5 Å². The third-order valence-corrected chi connectivity index (χ3v) is 4.03. The van der Waals surface area contributed by atoms with Crippen LogP contribution in [0.3, 0.4) is 0 Å².